The van der Waals surface area contributed by atoms with E-state index in [1.165, 1.54) is 17.7 Å². The number of aliphatic hydroxyl groups is 1. The molecule has 0 spiro atoms. The quantitative estimate of drug-likeness (QED) is 0.277. The Morgan fingerprint density at radius 3 is 2.80 bits per heavy atom. The third-order valence-corrected chi connectivity index (χ3v) is 6.48. The number of rotatable bonds is 7. The minimum atomic E-state index is -1.14. The lowest BCUT2D eigenvalue weighted by Crippen LogP contribution is -2.45. The Bertz CT molecular complexity index is 791. The molecule has 30 heavy (non-hydrogen) atoms. The summed E-state index contributed by atoms with van der Waals surface area (Å²) in [6.45, 7) is 8.65. The van der Waals surface area contributed by atoms with Gasteiger partial charge in [-0.15, -0.1) is 35.3 Å². The molecule has 8 heteroatoms. The van der Waals surface area contributed by atoms with Gasteiger partial charge in [-0.2, -0.15) is 0 Å². The molecule has 168 valence electrons. The molecule has 2 aromatic rings. The van der Waals surface area contributed by atoms with Crippen molar-refractivity contribution < 1.29 is 9.52 Å². The first-order valence-electron chi connectivity index (χ1n) is 10.5. The van der Waals surface area contributed by atoms with E-state index in [4.69, 9.17) is 4.42 Å². The molecule has 1 aliphatic rings. The van der Waals surface area contributed by atoms with Gasteiger partial charge >= 0.3 is 0 Å². The van der Waals surface area contributed by atoms with Crippen molar-refractivity contribution in [2.45, 2.75) is 45.3 Å². The molecule has 1 fully saturated rings. The summed E-state index contributed by atoms with van der Waals surface area (Å²) in [5.74, 6) is 2.58. The Morgan fingerprint density at radius 2 is 2.17 bits per heavy atom. The molecule has 0 radical (unpaired) electrons. The summed E-state index contributed by atoms with van der Waals surface area (Å²) < 4.78 is 5.60. The van der Waals surface area contributed by atoms with E-state index in [1.54, 1.807) is 6.92 Å². The van der Waals surface area contributed by atoms with Crippen molar-refractivity contribution >= 4 is 41.3 Å². The Kier molecular flexibility index (Phi) is 9.65. The smallest absolute Gasteiger partial charge is 0.191 e. The maximum atomic E-state index is 10.8. The van der Waals surface area contributed by atoms with Gasteiger partial charge < -0.3 is 20.2 Å². The largest absolute Gasteiger partial charge is 0.463 e. The van der Waals surface area contributed by atoms with Crippen LogP contribution in [0.15, 0.2) is 39.1 Å². The van der Waals surface area contributed by atoms with Crippen LogP contribution in [0.3, 0.4) is 0 Å². The van der Waals surface area contributed by atoms with Gasteiger partial charge in [0.25, 0.3) is 0 Å². The second kappa shape index (κ2) is 11.5. The molecule has 3 rings (SSSR count). The van der Waals surface area contributed by atoms with E-state index in [0.717, 1.165) is 31.4 Å². The highest BCUT2D eigenvalue weighted by Gasteiger charge is 2.31. The fraction of sp³-hybridized carbons (Fsp3) is 0.591. The highest BCUT2D eigenvalue weighted by atomic mass is 127. The van der Waals surface area contributed by atoms with E-state index >= 15 is 0 Å². The van der Waals surface area contributed by atoms with Crippen molar-refractivity contribution in [2.75, 3.05) is 33.2 Å². The Morgan fingerprint density at radius 1 is 1.37 bits per heavy atom. The Labute approximate surface area is 201 Å². The van der Waals surface area contributed by atoms with E-state index in [0.29, 0.717) is 17.7 Å². The van der Waals surface area contributed by atoms with Gasteiger partial charge in [-0.3, -0.25) is 4.90 Å². The fourth-order valence-electron chi connectivity index (χ4n) is 3.99. The summed E-state index contributed by atoms with van der Waals surface area (Å²) in [5, 5.41) is 19.7. The molecule has 0 bridgehead atoms. The number of aryl methyl sites for hydroxylation is 1. The zero-order valence-corrected chi connectivity index (χ0v) is 21.5. The number of hydrogen-bond donors (Lipinski definition) is 3. The summed E-state index contributed by atoms with van der Waals surface area (Å²) in [5.41, 5.74) is -1.14. The standard InChI is InChI=1S/C22H34N4O2S.HI/c1-5-23-21(25-15-22(3,27)19-11-10-16(2)28-19)24-14-17-8-6-12-26(4)20(17)18-9-7-13-29-18;/h7,9-11,13,17,20,27H,5-6,8,12,14-15H2,1-4H3,(H2,23,24,25);1H. The Hall–Kier alpha value is -1.10. The third kappa shape index (κ3) is 6.45. The number of furan rings is 1. The first kappa shape index (κ1) is 25.2. The van der Waals surface area contributed by atoms with Gasteiger partial charge in [-0.25, -0.2) is 4.99 Å². The molecule has 1 aliphatic heterocycles. The van der Waals surface area contributed by atoms with Crippen LogP contribution in [0.1, 0.15) is 49.1 Å². The van der Waals surface area contributed by atoms with Crippen LogP contribution in [0.5, 0.6) is 0 Å². The average Bonchev–Trinajstić information content (AvgIpc) is 3.36. The first-order valence-corrected chi connectivity index (χ1v) is 11.3. The number of hydrogen-bond acceptors (Lipinski definition) is 5. The van der Waals surface area contributed by atoms with Crippen molar-refractivity contribution in [1.82, 2.24) is 15.5 Å². The molecule has 0 amide bonds. The predicted octanol–water partition coefficient (Wildman–Crippen LogP) is 4.11. The van der Waals surface area contributed by atoms with Gasteiger partial charge in [0.15, 0.2) is 5.96 Å². The van der Waals surface area contributed by atoms with Crippen LogP contribution in [0.25, 0.3) is 0 Å². The Balaban J connectivity index is 0.00000320. The molecule has 3 unspecified atom stereocenters. The zero-order chi connectivity index (χ0) is 20.9. The molecule has 3 atom stereocenters. The summed E-state index contributed by atoms with van der Waals surface area (Å²) in [4.78, 5) is 8.53. The van der Waals surface area contributed by atoms with E-state index < -0.39 is 5.60 Å². The van der Waals surface area contributed by atoms with Gasteiger partial charge in [0.1, 0.15) is 17.1 Å². The lowest BCUT2D eigenvalue weighted by Gasteiger charge is -2.39. The van der Waals surface area contributed by atoms with Crippen LogP contribution in [-0.2, 0) is 5.60 Å². The number of piperidine rings is 1. The average molecular weight is 547 g/mol. The van der Waals surface area contributed by atoms with E-state index in [9.17, 15) is 5.11 Å². The second-order valence-corrected chi connectivity index (χ2v) is 9.08. The predicted molar refractivity (Wildman–Crippen MR) is 135 cm³/mol. The van der Waals surface area contributed by atoms with Crippen molar-refractivity contribution in [2.24, 2.45) is 10.9 Å². The highest BCUT2D eigenvalue weighted by molar-refractivity contribution is 14.0. The molecule has 1 saturated heterocycles. The summed E-state index contributed by atoms with van der Waals surface area (Å²) in [6.07, 6.45) is 2.41. The topological polar surface area (TPSA) is 73.0 Å². The third-order valence-electron chi connectivity index (χ3n) is 5.53. The molecule has 2 aromatic heterocycles. The maximum Gasteiger partial charge on any atom is 0.191 e. The van der Waals surface area contributed by atoms with Gasteiger partial charge in [-0.1, -0.05) is 6.07 Å². The number of nitrogens with zero attached hydrogens (tertiary/aromatic N) is 2. The summed E-state index contributed by atoms with van der Waals surface area (Å²) in [7, 11) is 2.22. The van der Waals surface area contributed by atoms with Gasteiger partial charge in [0.2, 0.25) is 0 Å². The summed E-state index contributed by atoms with van der Waals surface area (Å²) >= 11 is 1.84. The first-order chi connectivity index (χ1) is 13.9. The van der Waals surface area contributed by atoms with Crippen LogP contribution < -0.4 is 10.6 Å². The SMILES string of the molecule is CCNC(=NCC(C)(O)c1ccc(C)o1)NCC1CCCN(C)C1c1cccs1.I. The molecule has 3 heterocycles. The summed E-state index contributed by atoms with van der Waals surface area (Å²) in [6, 6.07) is 8.49. The van der Waals surface area contributed by atoms with Crippen LogP contribution in [-0.4, -0.2) is 49.2 Å². The van der Waals surface area contributed by atoms with Crippen molar-refractivity contribution in [3.63, 3.8) is 0 Å². The van der Waals surface area contributed by atoms with E-state index in [2.05, 4.69) is 45.1 Å². The lowest BCUT2D eigenvalue weighted by molar-refractivity contribution is 0.0428. The molecule has 0 aromatic carbocycles. The molecular formula is C22H35IN4O2S. The zero-order valence-electron chi connectivity index (χ0n) is 18.4. The monoisotopic (exact) mass is 546 g/mol. The molecule has 0 aliphatic carbocycles. The van der Waals surface area contributed by atoms with Crippen LogP contribution >= 0.6 is 35.3 Å². The van der Waals surface area contributed by atoms with E-state index in [-0.39, 0.29) is 30.5 Å². The van der Waals surface area contributed by atoms with Gasteiger partial charge in [0.05, 0.1) is 6.54 Å². The number of likely N-dealkylation sites (tertiary alicyclic amines) is 1. The normalized spacial score (nSPS) is 22.2. The molecule has 0 saturated carbocycles. The minimum absolute atomic E-state index is 0. The highest BCUT2D eigenvalue weighted by Crippen LogP contribution is 2.36. The molecular weight excluding hydrogens is 511 g/mol. The maximum absolute atomic E-state index is 10.8. The van der Waals surface area contributed by atoms with Crippen molar-refractivity contribution in [3.8, 4) is 0 Å². The van der Waals surface area contributed by atoms with Crippen LogP contribution in [0.2, 0.25) is 0 Å². The number of guanidine groups is 1. The van der Waals surface area contributed by atoms with Crippen LogP contribution in [0.4, 0.5) is 0 Å². The number of nitrogens with one attached hydrogen (secondary N) is 2. The van der Waals surface area contributed by atoms with E-state index in [1.807, 2.05) is 37.3 Å². The van der Waals surface area contributed by atoms with Gasteiger partial charge in [-0.05, 0) is 76.7 Å². The molecule has 6 nitrogen and oxygen atoms in total. The van der Waals surface area contributed by atoms with Crippen molar-refractivity contribution in [3.05, 3.63) is 46.0 Å². The molecule has 3 N–H and O–H groups in total. The number of halogens is 1. The number of aliphatic imine (C=N–C) groups is 1. The lowest BCUT2D eigenvalue weighted by atomic mass is 9.88. The fourth-order valence-corrected chi connectivity index (χ4v) is 4.97. The second-order valence-electron chi connectivity index (χ2n) is 8.10. The van der Waals surface area contributed by atoms with Crippen LogP contribution in [0, 0.1) is 12.8 Å². The van der Waals surface area contributed by atoms with Gasteiger partial charge in [0, 0.05) is 24.0 Å². The minimum Gasteiger partial charge on any atom is -0.463 e. The number of thiophene rings is 1. The van der Waals surface area contributed by atoms with Crippen molar-refractivity contribution in [1.29, 1.82) is 0 Å².